The van der Waals surface area contributed by atoms with Crippen molar-refractivity contribution in [3.05, 3.63) is 48.4 Å². The van der Waals surface area contributed by atoms with Crippen LogP contribution >= 0.6 is 0 Å². The number of carbonyl (C=O) groups excluding carboxylic acids is 1. The molecule has 132 valence electrons. The number of hydrogen-bond donors (Lipinski definition) is 2. The Morgan fingerprint density at radius 1 is 1.41 bits per heavy atom. The van der Waals surface area contributed by atoms with Crippen LogP contribution in [0.5, 0.6) is 0 Å². The van der Waals surface area contributed by atoms with Crippen LogP contribution in [0.4, 0.5) is 10.2 Å². The second-order valence-corrected chi connectivity index (χ2v) is 6.56. The van der Waals surface area contributed by atoms with E-state index in [1.807, 2.05) is 18.2 Å². The molecule has 1 aliphatic carbocycles. The lowest BCUT2D eigenvalue weighted by atomic mass is 10.0. The highest BCUT2D eigenvalue weighted by molar-refractivity contribution is 5.95. The van der Waals surface area contributed by atoms with E-state index < -0.39 is 12.1 Å². The minimum atomic E-state index is -1.05. The number of fused-ring (bicyclic) bond motifs is 2. The first-order valence-electron chi connectivity index (χ1n) is 8.45. The van der Waals surface area contributed by atoms with Gasteiger partial charge in [0.05, 0.1) is 17.0 Å². The Bertz CT molecular complexity index is 1250. The molecular weight excluding hydrogens is 347 g/mol. The zero-order valence-corrected chi connectivity index (χ0v) is 14.0. The Morgan fingerprint density at radius 2 is 2.26 bits per heavy atom. The molecule has 1 fully saturated rings. The summed E-state index contributed by atoms with van der Waals surface area (Å²) >= 11 is 0. The van der Waals surface area contributed by atoms with Crippen LogP contribution in [-0.4, -0.2) is 31.7 Å². The molecular formula is C19H13FN6O. The SMILES string of the molecule is N#Cc1c(-c2ccn3nc(NC(=O)C4CC4F)cc3c2)cnc2[nH]ccc12. The summed E-state index contributed by atoms with van der Waals surface area (Å²) < 4.78 is 14.6. The highest BCUT2D eigenvalue weighted by Crippen LogP contribution is 2.35. The number of nitrogens with one attached hydrogen (secondary N) is 2. The van der Waals surface area contributed by atoms with Gasteiger partial charge in [0.15, 0.2) is 5.82 Å². The van der Waals surface area contributed by atoms with Gasteiger partial charge >= 0.3 is 0 Å². The predicted octanol–water partition coefficient (Wildman–Crippen LogP) is 3.05. The second-order valence-electron chi connectivity index (χ2n) is 6.56. The average molecular weight is 360 g/mol. The molecule has 0 bridgehead atoms. The van der Waals surface area contributed by atoms with Gasteiger partial charge in [-0.05, 0) is 30.2 Å². The van der Waals surface area contributed by atoms with Gasteiger partial charge in [-0.15, -0.1) is 0 Å². The standard InChI is InChI=1S/C19H13FN6O/c20-16-7-13(16)19(27)24-17-6-11-5-10(2-4-26(11)25-17)15-9-23-18-12(1-3-22-18)14(15)8-21/h1-6,9,13,16H,7H2,(H,22,23)(H,24,25,27). The number of anilines is 1. The third kappa shape index (κ3) is 2.52. The molecule has 2 unspecified atom stereocenters. The summed E-state index contributed by atoms with van der Waals surface area (Å²) in [4.78, 5) is 19.2. The summed E-state index contributed by atoms with van der Waals surface area (Å²) in [5.41, 5.74) is 3.49. The minimum absolute atomic E-state index is 0.273. The number of H-pyrrole nitrogens is 1. The zero-order valence-electron chi connectivity index (χ0n) is 14.0. The molecule has 4 heterocycles. The highest BCUT2D eigenvalue weighted by atomic mass is 19.1. The van der Waals surface area contributed by atoms with Crippen LogP contribution in [0, 0.1) is 17.2 Å². The molecule has 1 amide bonds. The maximum absolute atomic E-state index is 13.0. The first-order chi connectivity index (χ1) is 13.1. The van der Waals surface area contributed by atoms with Gasteiger partial charge in [-0.3, -0.25) is 4.79 Å². The average Bonchev–Trinajstić information content (AvgIpc) is 3.07. The van der Waals surface area contributed by atoms with E-state index in [0.717, 1.165) is 22.0 Å². The van der Waals surface area contributed by atoms with Crippen LogP contribution < -0.4 is 5.32 Å². The normalized spacial score (nSPS) is 18.5. The molecule has 4 aromatic rings. The second kappa shape index (κ2) is 5.64. The van der Waals surface area contributed by atoms with Crippen LogP contribution in [0.25, 0.3) is 27.7 Å². The van der Waals surface area contributed by atoms with E-state index in [1.165, 1.54) is 0 Å². The molecule has 2 N–H and O–H groups in total. The molecule has 1 aliphatic rings. The number of nitriles is 1. The molecule has 0 aromatic carbocycles. The van der Waals surface area contributed by atoms with Crippen molar-refractivity contribution in [2.45, 2.75) is 12.6 Å². The maximum Gasteiger partial charge on any atom is 0.231 e. The lowest BCUT2D eigenvalue weighted by Crippen LogP contribution is -2.15. The van der Waals surface area contributed by atoms with Gasteiger partial charge in [0.25, 0.3) is 0 Å². The number of rotatable bonds is 3. The summed E-state index contributed by atoms with van der Waals surface area (Å²) in [5.74, 6) is -0.543. The smallest absolute Gasteiger partial charge is 0.231 e. The number of halogens is 1. The van der Waals surface area contributed by atoms with Gasteiger partial charge in [-0.2, -0.15) is 10.4 Å². The fraction of sp³-hybridized carbons (Fsp3) is 0.158. The molecule has 1 saturated carbocycles. The molecule has 7 nitrogen and oxygen atoms in total. The van der Waals surface area contributed by atoms with Gasteiger partial charge in [0.2, 0.25) is 5.91 Å². The summed E-state index contributed by atoms with van der Waals surface area (Å²) in [6.07, 6.45) is 4.39. The lowest BCUT2D eigenvalue weighted by Gasteiger charge is -2.05. The topological polar surface area (TPSA) is 98.9 Å². The summed E-state index contributed by atoms with van der Waals surface area (Å²) in [6, 6.07) is 9.49. The Morgan fingerprint density at radius 3 is 3.04 bits per heavy atom. The van der Waals surface area contributed by atoms with Crippen molar-refractivity contribution in [1.82, 2.24) is 19.6 Å². The van der Waals surface area contributed by atoms with Gasteiger partial charge in [0.1, 0.15) is 17.9 Å². The van der Waals surface area contributed by atoms with Crippen LogP contribution in [0.2, 0.25) is 0 Å². The highest BCUT2D eigenvalue weighted by Gasteiger charge is 2.43. The molecule has 5 rings (SSSR count). The van der Waals surface area contributed by atoms with Gasteiger partial charge in [-0.1, -0.05) is 0 Å². The number of aromatic nitrogens is 4. The monoisotopic (exact) mass is 360 g/mol. The van der Waals surface area contributed by atoms with Crippen molar-refractivity contribution in [1.29, 1.82) is 5.26 Å². The molecule has 27 heavy (non-hydrogen) atoms. The Hall–Kier alpha value is -3.73. The number of carbonyl (C=O) groups is 1. The van der Waals surface area contributed by atoms with Crippen molar-refractivity contribution in [3.63, 3.8) is 0 Å². The van der Waals surface area contributed by atoms with E-state index in [-0.39, 0.29) is 12.3 Å². The molecule has 4 aromatic heterocycles. The summed E-state index contributed by atoms with van der Waals surface area (Å²) in [5, 5.41) is 17.3. The van der Waals surface area contributed by atoms with E-state index in [4.69, 9.17) is 0 Å². The van der Waals surface area contributed by atoms with E-state index in [9.17, 15) is 14.4 Å². The fourth-order valence-corrected chi connectivity index (χ4v) is 3.22. The molecule has 0 radical (unpaired) electrons. The molecule has 8 heteroatoms. The van der Waals surface area contributed by atoms with Crippen LogP contribution in [0.1, 0.15) is 12.0 Å². The molecule has 2 atom stereocenters. The first-order valence-corrected chi connectivity index (χ1v) is 8.45. The number of nitrogens with zero attached hydrogens (tertiary/aromatic N) is 4. The van der Waals surface area contributed by atoms with Crippen molar-refractivity contribution < 1.29 is 9.18 Å². The van der Waals surface area contributed by atoms with E-state index in [1.54, 1.807) is 29.2 Å². The number of aromatic amines is 1. The van der Waals surface area contributed by atoms with Crippen LogP contribution in [0.15, 0.2) is 42.9 Å². The van der Waals surface area contributed by atoms with Crippen molar-refractivity contribution >= 4 is 28.3 Å². The third-order valence-electron chi connectivity index (χ3n) is 4.77. The summed E-state index contributed by atoms with van der Waals surface area (Å²) in [7, 11) is 0. The molecule has 0 spiro atoms. The quantitative estimate of drug-likeness (QED) is 0.586. The fourth-order valence-electron chi connectivity index (χ4n) is 3.22. The molecule has 0 saturated heterocycles. The number of pyridine rings is 2. The van der Waals surface area contributed by atoms with Gasteiger partial charge in [0, 0.05) is 35.6 Å². The van der Waals surface area contributed by atoms with Crippen molar-refractivity contribution in [2.75, 3.05) is 5.32 Å². The predicted molar refractivity (Wildman–Crippen MR) is 96.6 cm³/mol. The number of amides is 1. The first kappa shape index (κ1) is 15.5. The van der Waals surface area contributed by atoms with Crippen molar-refractivity contribution in [2.24, 2.45) is 5.92 Å². The van der Waals surface area contributed by atoms with Gasteiger partial charge in [-0.25, -0.2) is 13.9 Å². The Balaban J connectivity index is 1.53. The number of alkyl halides is 1. The Kier molecular flexibility index (Phi) is 3.24. The van der Waals surface area contributed by atoms with Crippen LogP contribution in [-0.2, 0) is 4.79 Å². The number of hydrogen-bond acceptors (Lipinski definition) is 4. The van der Waals surface area contributed by atoms with E-state index in [0.29, 0.717) is 17.0 Å². The van der Waals surface area contributed by atoms with Crippen molar-refractivity contribution in [3.8, 4) is 17.2 Å². The zero-order chi connectivity index (χ0) is 18.5. The van der Waals surface area contributed by atoms with E-state index >= 15 is 0 Å². The third-order valence-corrected chi connectivity index (χ3v) is 4.77. The van der Waals surface area contributed by atoms with Gasteiger partial charge < -0.3 is 10.3 Å². The maximum atomic E-state index is 13.0. The minimum Gasteiger partial charge on any atom is -0.346 e. The molecule has 0 aliphatic heterocycles. The Labute approximate surface area is 152 Å². The van der Waals surface area contributed by atoms with E-state index in [2.05, 4.69) is 26.5 Å². The largest absolute Gasteiger partial charge is 0.346 e. The van der Waals surface area contributed by atoms with Crippen LogP contribution in [0.3, 0.4) is 0 Å². The lowest BCUT2D eigenvalue weighted by molar-refractivity contribution is -0.117. The summed E-state index contributed by atoms with van der Waals surface area (Å²) in [6.45, 7) is 0.